The van der Waals surface area contributed by atoms with Gasteiger partial charge in [0.25, 0.3) is 0 Å². The Bertz CT molecular complexity index is 281. The molecular formula is C10H11IO. The van der Waals surface area contributed by atoms with Crippen LogP contribution in [0.1, 0.15) is 17.5 Å². The fourth-order valence-corrected chi connectivity index (χ4v) is 1.71. The molecule has 0 aliphatic carbocycles. The van der Waals surface area contributed by atoms with E-state index >= 15 is 0 Å². The van der Waals surface area contributed by atoms with Gasteiger partial charge in [0.05, 0.1) is 0 Å². The molecule has 0 heterocycles. The van der Waals surface area contributed by atoms with Gasteiger partial charge in [-0.25, -0.2) is 0 Å². The van der Waals surface area contributed by atoms with Crippen molar-refractivity contribution < 1.29 is 4.79 Å². The molecule has 1 aromatic carbocycles. The van der Waals surface area contributed by atoms with Crippen molar-refractivity contribution in [3.63, 3.8) is 0 Å². The van der Waals surface area contributed by atoms with Crippen LogP contribution in [0.4, 0.5) is 0 Å². The summed E-state index contributed by atoms with van der Waals surface area (Å²) in [6.07, 6.45) is 2.46. The summed E-state index contributed by atoms with van der Waals surface area (Å²) in [6.45, 7) is 2.07. The fraction of sp³-hybridized carbons (Fsp3) is 0.300. The van der Waals surface area contributed by atoms with Gasteiger partial charge in [-0.1, -0.05) is 17.7 Å². The first-order chi connectivity index (χ1) is 5.74. The Kier molecular flexibility index (Phi) is 3.72. The first-order valence-corrected chi connectivity index (χ1v) is 5.00. The van der Waals surface area contributed by atoms with E-state index in [1.54, 1.807) is 0 Å². The third-order valence-corrected chi connectivity index (χ3v) is 2.79. The molecule has 64 valence electrons. The van der Waals surface area contributed by atoms with Crippen LogP contribution in [0.5, 0.6) is 0 Å². The van der Waals surface area contributed by atoms with Crippen molar-refractivity contribution in [2.75, 3.05) is 0 Å². The zero-order chi connectivity index (χ0) is 8.97. The average molecular weight is 274 g/mol. The topological polar surface area (TPSA) is 17.1 Å². The van der Waals surface area contributed by atoms with Crippen molar-refractivity contribution in [3.05, 3.63) is 32.9 Å². The van der Waals surface area contributed by atoms with Crippen LogP contribution in [0.3, 0.4) is 0 Å². The van der Waals surface area contributed by atoms with E-state index in [9.17, 15) is 4.79 Å². The molecule has 0 aliphatic rings. The Labute approximate surface area is 86.3 Å². The maximum absolute atomic E-state index is 10.2. The van der Waals surface area contributed by atoms with E-state index in [2.05, 4.69) is 47.7 Å². The van der Waals surface area contributed by atoms with Crippen LogP contribution in [0, 0.1) is 10.5 Å². The highest BCUT2D eigenvalue weighted by atomic mass is 127. The molecule has 1 rings (SSSR count). The lowest BCUT2D eigenvalue weighted by Crippen LogP contribution is -1.90. The second-order valence-electron chi connectivity index (χ2n) is 2.80. The molecule has 0 amide bonds. The van der Waals surface area contributed by atoms with Gasteiger partial charge in [0.15, 0.2) is 0 Å². The van der Waals surface area contributed by atoms with Crippen LogP contribution in [0.25, 0.3) is 0 Å². The van der Waals surface area contributed by atoms with Gasteiger partial charge < -0.3 is 4.79 Å². The molecule has 0 N–H and O–H groups in total. The number of halogens is 1. The van der Waals surface area contributed by atoms with E-state index in [4.69, 9.17) is 0 Å². The summed E-state index contributed by atoms with van der Waals surface area (Å²) in [5.74, 6) is 0. The Balaban J connectivity index is 2.82. The molecule has 0 aliphatic heterocycles. The van der Waals surface area contributed by atoms with Crippen LogP contribution in [0.15, 0.2) is 18.2 Å². The van der Waals surface area contributed by atoms with Crippen LogP contribution < -0.4 is 0 Å². The molecule has 0 bridgehead atoms. The normalized spacial score (nSPS) is 9.83. The quantitative estimate of drug-likeness (QED) is 0.612. The summed E-state index contributed by atoms with van der Waals surface area (Å²) >= 11 is 2.30. The monoisotopic (exact) mass is 274 g/mol. The van der Waals surface area contributed by atoms with Gasteiger partial charge in [-0.3, -0.25) is 0 Å². The van der Waals surface area contributed by atoms with Crippen molar-refractivity contribution >= 4 is 28.9 Å². The Morgan fingerprint density at radius 3 is 2.92 bits per heavy atom. The minimum absolute atomic E-state index is 0.624. The molecule has 0 fully saturated rings. The predicted molar refractivity (Wildman–Crippen MR) is 58.3 cm³/mol. The van der Waals surface area contributed by atoms with Crippen LogP contribution in [0.2, 0.25) is 0 Å². The standard InChI is InChI=1S/C10H11IO/c1-8-4-5-10(11)9(7-8)3-2-6-12/h4-7H,2-3H2,1H3. The summed E-state index contributed by atoms with van der Waals surface area (Å²) in [7, 11) is 0. The number of hydrogen-bond donors (Lipinski definition) is 0. The van der Waals surface area contributed by atoms with Gasteiger partial charge in [-0.05, 0) is 47.6 Å². The summed E-state index contributed by atoms with van der Waals surface area (Å²) in [5, 5.41) is 0. The number of carbonyl (C=O) groups excluding carboxylic acids is 1. The molecule has 0 saturated heterocycles. The van der Waals surface area contributed by atoms with E-state index in [1.807, 2.05) is 0 Å². The lowest BCUT2D eigenvalue weighted by atomic mass is 10.1. The SMILES string of the molecule is Cc1ccc(I)c(CCC=O)c1. The van der Waals surface area contributed by atoms with Gasteiger partial charge in [-0.2, -0.15) is 0 Å². The van der Waals surface area contributed by atoms with Gasteiger partial charge in [0.2, 0.25) is 0 Å². The highest BCUT2D eigenvalue weighted by Gasteiger charge is 1.98. The summed E-state index contributed by atoms with van der Waals surface area (Å²) in [6, 6.07) is 6.33. The van der Waals surface area contributed by atoms with Crippen molar-refractivity contribution in [1.29, 1.82) is 0 Å². The molecule has 0 unspecified atom stereocenters. The van der Waals surface area contributed by atoms with Crippen molar-refractivity contribution in [2.45, 2.75) is 19.8 Å². The number of aryl methyl sites for hydroxylation is 2. The third kappa shape index (κ3) is 2.59. The van der Waals surface area contributed by atoms with E-state index in [1.165, 1.54) is 14.7 Å². The second kappa shape index (κ2) is 4.60. The zero-order valence-corrected chi connectivity index (χ0v) is 9.17. The molecule has 2 heteroatoms. The molecule has 0 atom stereocenters. The maximum Gasteiger partial charge on any atom is 0.120 e. The molecule has 12 heavy (non-hydrogen) atoms. The number of benzene rings is 1. The minimum Gasteiger partial charge on any atom is -0.303 e. The molecule has 1 aromatic rings. The van der Waals surface area contributed by atoms with E-state index in [0.29, 0.717) is 6.42 Å². The number of carbonyl (C=O) groups is 1. The first-order valence-electron chi connectivity index (χ1n) is 3.92. The number of rotatable bonds is 3. The summed E-state index contributed by atoms with van der Waals surface area (Å²) in [5.41, 5.74) is 2.54. The van der Waals surface area contributed by atoms with Gasteiger partial charge in [0.1, 0.15) is 6.29 Å². The predicted octanol–water partition coefficient (Wildman–Crippen LogP) is 2.73. The van der Waals surface area contributed by atoms with Crippen LogP contribution >= 0.6 is 22.6 Å². The lowest BCUT2D eigenvalue weighted by Gasteiger charge is -2.02. The van der Waals surface area contributed by atoms with Crippen molar-refractivity contribution in [2.24, 2.45) is 0 Å². The third-order valence-electron chi connectivity index (χ3n) is 1.73. The molecule has 0 radical (unpaired) electrons. The van der Waals surface area contributed by atoms with E-state index in [0.717, 1.165) is 12.7 Å². The van der Waals surface area contributed by atoms with E-state index < -0.39 is 0 Å². The number of hydrogen-bond acceptors (Lipinski definition) is 1. The fourth-order valence-electron chi connectivity index (χ4n) is 1.11. The molecule has 0 aromatic heterocycles. The lowest BCUT2D eigenvalue weighted by molar-refractivity contribution is -0.107. The van der Waals surface area contributed by atoms with Crippen LogP contribution in [-0.4, -0.2) is 6.29 Å². The summed E-state index contributed by atoms with van der Waals surface area (Å²) < 4.78 is 1.25. The van der Waals surface area contributed by atoms with Crippen molar-refractivity contribution in [1.82, 2.24) is 0 Å². The highest BCUT2D eigenvalue weighted by molar-refractivity contribution is 14.1. The van der Waals surface area contributed by atoms with E-state index in [-0.39, 0.29) is 0 Å². The highest BCUT2D eigenvalue weighted by Crippen LogP contribution is 2.15. The number of aldehydes is 1. The first kappa shape index (κ1) is 9.71. The smallest absolute Gasteiger partial charge is 0.120 e. The second-order valence-corrected chi connectivity index (χ2v) is 3.96. The summed E-state index contributed by atoms with van der Waals surface area (Å²) in [4.78, 5) is 10.2. The van der Waals surface area contributed by atoms with Gasteiger partial charge in [0, 0.05) is 9.99 Å². The maximum atomic E-state index is 10.2. The van der Waals surface area contributed by atoms with Crippen molar-refractivity contribution in [3.8, 4) is 0 Å². The zero-order valence-electron chi connectivity index (χ0n) is 7.01. The molecular weight excluding hydrogens is 263 g/mol. The molecule has 1 nitrogen and oxygen atoms in total. The Hall–Kier alpha value is -0.380. The Morgan fingerprint density at radius 1 is 1.50 bits per heavy atom. The van der Waals surface area contributed by atoms with Crippen LogP contribution in [-0.2, 0) is 11.2 Å². The Morgan fingerprint density at radius 2 is 2.25 bits per heavy atom. The van der Waals surface area contributed by atoms with Gasteiger partial charge in [-0.15, -0.1) is 0 Å². The molecule has 0 saturated carbocycles. The van der Waals surface area contributed by atoms with Gasteiger partial charge >= 0.3 is 0 Å². The largest absolute Gasteiger partial charge is 0.303 e. The molecule has 0 spiro atoms. The average Bonchev–Trinajstić information content (AvgIpc) is 2.07. The minimum atomic E-state index is 0.624.